The Bertz CT molecular complexity index is 1190. The number of carbonyl (C=O) groups excluding carboxylic acids is 2. The summed E-state index contributed by atoms with van der Waals surface area (Å²) in [6.45, 7) is 5.61. The minimum absolute atomic E-state index is 0.0559. The van der Waals surface area contributed by atoms with Crippen molar-refractivity contribution in [3.63, 3.8) is 0 Å². The zero-order chi connectivity index (χ0) is 25.2. The molecule has 1 aromatic heterocycles. The molecule has 0 aliphatic heterocycles. The third-order valence-electron chi connectivity index (χ3n) is 5.96. The summed E-state index contributed by atoms with van der Waals surface area (Å²) in [5.74, 6) is -0.535. The highest BCUT2D eigenvalue weighted by atomic mass is 127. The average Bonchev–Trinajstić information content (AvgIpc) is 3.13. The van der Waals surface area contributed by atoms with E-state index in [4.69, 9.17) is 9.47 Å². The minimum atomic E-state index is -0.843. The summed E-state index contributed by atoms with van der Waals surface area (Å²) in [6.07, 6.45) is 3.15. The van der Waals surface area contributed by atoms with Gasteiger partial charge in [-0.15, -0.1) is 0 Å². The van der Waals surface area contributed by atoms with Crippen molar-refractivity contribution < 1.29 is 19.1 Å². The topological polar surface area (TPSA) is 68.7 Å². The van der Waals surface area contributed by atoms with Gasteiger partial charge in [0.1, 0.15) is 18.2 Å². The second kappa shape index (κ2) is 10.4. The van der Waals surface area contributed by atoms with Crippen molar-refractivity contribution in [3.8, 4) is 11.1 Å². The molecule has 3 aromatic rings. The van der Waals surface area contributed by atoms with Crippen LogP contribution in [0.3, 0.4) is 0 Å². The fraction of sp³-hybridized carbons (Fsp3) is 0.321. The largest absolute Gasteiger partial charge is 0.458 e. The van der Waals surface area contributed by atoms with E-state index in [1.54, 1.807) is 19.4 Å². The van der Waals surface area contributed by atoms with E-state index >= 15 is 0 Å². The molecular weight excluding hydrogens is 555 g/mol. The third kappa shape index (κ3) is 5.83. The van der Waals surface area contributed by atoms with Gasteiger partial charge in [-0.1, -0.05) is 48.5 Å². The standard InChI is InChI=1S/C28H29IN2O4/c1-28(2,3)35-26(32)25(14-18-13-19(29)16-30-15-18)31(4)27(33)34-17-24-22-11-7-5-9-20(22)21-10-6-8-12-23(21)24/h5-13,15-16,24-25H,14,17H2,1-4H3. The van der Waals surface area contributed by atoms with Gasteiger partial charge in [0.2, 0.25) is 0 Å². The quantitative estimate of drug-likeness (QED) is 0.270. The Morgan fingerprint density at radius 1 is 1.03 bits per heavy atom. The first-order valence-corrected chi connectivity index (χ1v) is 12.6. The number of aromatic nitrogens is 1. The molecule has 0 fully saturated rings. The number of benzene rings is 2. The molecule has 0 bridgehead atoms. The Morgan fingerprint density at radius 3 is 2.20 bits per heavy atom. The maximum atomic E-state index is 13.2. The van der Waals surface area contributed by atoms with Gasteiger partial charge in [0.15, 0.2) is 0 Å². The number of amides is 1. The molecule has 0 saturated carbocycles. The maximum Gasteiger partial charge on any atom is 0.410 e. The number of hydrogen-bond acceptors (Lipinski definition) is 5. The number of fused-ring (bicyclic) bond motifs is 3. The molecule has 0 radical (unpaired) electrons. The van der Waals surface area contributed by atoms with Crippen LogP contribution in [-0.4, -0.2) is 47.2 Å². The Hall–Kier alpha value is -2.94. The van der Waals surface area contributed by atoms with Crippen LogP contribution in [0, 0.1) is 3.57 Å². The molecule has 1 unspecified atom stereocenters. The number of hydrogen-bond donors (Lipinski definition) is 0. The zero-order valence-electron chi connectivity index (χ0n) is 20.3. The normalized spacial score (nSPS) is 13.5. The fourth-order valence-electron chi connectivity index (χ4n) is 4.36. The van der Waals surface area contributed by atoms with Crippen LogP contribution in [0.15, 0.2) is 67.0 Å². The first-order chi connectivity index (χ1) is 16.6. The summed E-state index contributed by atoms with van der Waals surface area (Å²) in [5, 5.41) is 0. The number of esters is 1. The average molecular weight is 584 g/mol. The Labute approximate surface area is 219 Å². The van der Waals surface area contributed by atoms with Crippen molar-refractivity contribution in [3.05, 3.63) is 87.3 Å². The molecule has 35 heavy (non-hydrogen) atoms. The minimum Gasteiger partial charge on any atom is -0.458 e. The van der Waals surface area contributed by atoms with Crippen LogP contribution < -0.4 is 0 Å². The van der Waals surface area contributed by atoms with Crippen LogP contribution in [0.2, 0.25) is 0 Å². The molecular formula is C28H29IN2O4. The molecule has 4 rings (SSSR count). The van der Waals surface area contributed by atoms with Crippen LogP contribution in [0.4, 0.5) is 4.79 Å². The summed E-state index contributed by atoms with van der Waals surface area (Å²) in [4.78, 5) is 31.8. The molecule has 1 heterocycles. The van der Waals surface area contributed by atoms with E-state index in [1.807, 2.05) is 51.1 Å². The molecule has 0 spiro atoms. The monoisotopic (exact) mass is 584 g/mol. The van der Waals surface area contributed by atoms with Gasteiger partial charge in [-0.3, -0.25) is 9.88 Å². The number of rotatable bonds is 6. The highest BCUT2D eigenvalue weighted by Crippen LogP contribution is 2.44. The van der Waals surface area contributed by atoms with Crippen molar-refractivity contribution in [2.24, 2.45) is 0 Å². The summed E-state index contributed by atoms with van der Waals surface area (Å²) < 4.78 is 12.4. The number of halogens is 1. The smallest absolute Gasteiger partial charge is 0.410 e. The molecule has 0 N–H and O–H groups in total. The lowest BCUT2D eigenvalue weighted by Gasteiger charge is -2.30. The van der Waals surface area contributed by atoms with Crippen molar-refractivity contribution in [1.82, 2.24) is 9.88 Å². The molecule has 0 saturated heterocycles. The number of likely N-dealkylation sites (N-methyl/N-ethyl adjacent to an activating group) is 1. The molecule has 182 valence electrons. The molecule has 2 aromatic carbocycles. The fourth-order valence-corrected chi connectivity index (χ4v) is 4.92. The van der Waals surface area contributed by atoms with E-state index < -0.39 is 23.7 Å². The summed E-state index contributed by atoms with van der Waals surface area (Å²) in [6, 6.07) is 17.5. The Kier molecular flexibility index (Phi) is 7.44. The van der Waals surface area contributed by atoms with Crippen LogP contribution in [0.5, 0.6) is 0 Å². The summed E-state index contributed by atoms with van der Waals surface area (Å²) >= 11 is 2.17. The maximum absolute atomic E-state index is 13.2. The SMILES string of the molecule is CN(C(=O)OCC1c2ccccc2-c2ccccc21)C(Cc1cncc(I)c1)C(=O)OC(C)(C)C. The highest BCUT2D eigenvalue weighted by molar-refractivity contribution is 14.1. The molecule has 1 amide bonds. The van der Waals surface area contributed by atoms with Crippen LogP contribution >= 0.6 is 22.6 Å². The first-order valence-electron chi connectivity index (χ1n) is 11.5. The number of nitrogens with zero attached hydrogens (tertiary/aromatic N) is 2. The molecule has 7 heteroatoms. The van der Waals surface area contributed by atoms with Gasteiger partial charge in [0.05, 0.1) is 0 Å². The Balaban J connectivity index is 1.52. The molecule has 1 aliphatic carbocycles. The number of pyridine rings is 1. The van der Waals surface area contributed by atoms with Gasteiger partial charge < -0.3 is 9.47 Å². The predicted molar refractivity (Wildman–Crippen MR) is 143 cm³/mol. The van der Waals surface area contributed by atoms with E-state index in [0.717, 1.165) is 31.4 Å². The second-order valence-electron chi connectivity index (χ2n) is 9.68. The van der Waals surface area contributed by atoms with Crippen molar-refractivity contribution in [2.45, 2.75) is 44.8 Å². The van der Waals surface area contributed by atoms with Gasteiger partial charge in [-0.2, -0.15) is 0 Å². The molecule has 6 nitrogen and oxygen atoms in total. The summed E-state index contributed by atoms with van der Waals surface area (Å²) in [5.41, 5.74) is 4.76. The Morgan fingerprint density at radius 2 is 1.63 bits per heavy atom. The van der Waals surface area contributed by atoms with Gasteiger partial charge in [-0.05, 0) is 77.2 Å². The zero-order valence-corrected chi connectivity index (χ0v) is 22.5. The van der Waals surface area contributed by atoms with Gasteiger partial charge in [-0.25, -0.2) is 9.59 Å². The molecule has 1 aliphatic rings. The lowest BCUT2D eigenvalue weighted by atomic mass is 9.98. The van der Waals surface area contributed by atoms with Crippen LogP contribution in [-0.2, 0) is 20.7 Å². The highest BCUT2D eigenvalue weighted by Gasteiger charge is 2.34. The van der Waals surface area contributed by atoms with Crippen LogP contribution in [0.1, 0.15) is 43.4 Å². The number of ether oxygens (including phenoxy) is 2. The first kappa shape index (κ1) is 25.2. The van der Waals surface area contributed by atoms with Gasteiger partial charge >= 0.3 is 12.1 Å². The van der Waals surface area contributed by atoms with E-state index in [2.05, 4.69) is 51.8 Å². The summed E-state index contributed by atoms with van der Waals surface area (Å²) in [7, 11) is 1.58. The van der Waals surface area contributed by atoms with E-state index in [-0.39, 0.29) is 18.9 Å². The van der Waals surface area contributed by atoms with Crippen molar-refractivity contribution in [1.29, 1.82) is 0 Å². The van der Waals surface area contributed by atoms with Crippen molar-refractivity contribution in [2.75, 3.05) is 13.7 Å². The van der Waals surface area contributed by atoms with Gasteiger partial charge in [0.25, 0.3) is 0 Å². The lowest BCUT2D eigenvalue weighted by molar-refractivity contribution is -0.160. The number of carbonyl (C=O) groups is 2. The van der Waals surface area contributed by atoms with E-state index in [0.29, 0.717) is 0 Å². The van der Waals surface area contributed by atoms with Gasteiger partial charge in [0, 0.05) is 35.4 Å². The third-order valence-corrected chi connectivity index (χ3v) is 6.55. The second-order valence-corrected chi connectivity index (χ2v) is 10.9. The van der Waals surface area contributed by atoms with Crippen molar-refractivity contribution >= 4 is 34.7 Å². The van der Waals surface area contributed by atoms with E-state index in [1.165, 1.54) is 4.90 Å². The lowest BCUT2D eigenvalue weighted by Crippen LogP contribution is -2.47. The van der Waals surface area contributed by atoms with E-state index in [9.17, 15) is 9.59 Å². The van der Waals surface area contributed by atoms with Crippen LogP contribution in [0.25, 0.3) is 11.1 Å². The predicted octanol–water partition coefficient (Wildman–Crippen LogP) is 5.82. The molecule has 1 atom stereocenters.